The molecule has 0 amide bonds. The Balaban J connectivity index is 2.38. The van der Waals surface area contributed by atoms with Gasteiger partial charge in [0.2, 0.25) is 0 Å². The minimum Gasteiger partial charge on any atom is -0.481 e. The second-order valence-corrected chi connectivity index (χ2v) is 6.77. The number of rotatable bonds is 7. The molecule has 1 N–H and O–H groups in total. The maximum Gasteiger partial charge on any atom is 0.310 e. The van der Waals surface area contributed by atoms with Gasteiger partial charge in [0.1, 0.15) is 0 Å². The summed E-state index contributed by atoms with van der Waals surface area (Å²) in [6.45, 7) is 8.57. The minimum absolute atomic E-state index is 0.240. The molecule has 1 aliphatic rings. The number of nitriles is 1. The smallest absolute Gasteiger partial charge is 0.310 e. The average Bonchev–Trinajstić information content (AvgIpc) is 2.43. The van der Waals surface area contributed by atoms with Crippen LogP contribution in [0.5, 0.6) is 0 Å². The first kappa shape index (κ1) is 17.0. The number of piperidine rings is 1. The minimum atomic E-state index is -0.643. The van der Waals surface area contributed by atoms with Gasteiger partial charge in [0.15, 0.2) is 0 Å². The first-order chi connectivity index (χ1) is 9.35. The Bertz CT molecular complexity index is 373. The maximum absolute atomic E-state index is 11.5. The van der Waals surface area contributed by atoms with E-state index in [1.165, 1.54) is 0 Å². The third-order valence-corrected chi connectivity index (χ3v) is 4.62. The topological polar surface area (TPSA) is 64.3 Å². The van der Waals surface area contributed by atoms with Gasteiger partial charge in [0.25, 0.3) is 0 Å². The quantitative estimate of drug-likeness (QED) is 0.727. The van der Waals surface area contributed by atoms with E-state index in [2.05, 4.69) is 11.0 Å². The van der Waals surface area contributed by atoms with Gasteiger partial charge in [-0.1, -0.05) is 13.3 Å². The van der Waals surface area contributed by atoms with Crippen LogP contribution in [-0.2, 0) is 4.79 Å². The van der Waals surface area contributed by atoms with E-state index in [4.69, 9.17) is 5.26 Å². The zero-order valence-electron chi connectivity index (χ0n) is 13.1. The number of likely N-dealkylation sites (tertiary alicyclic amines) is 1. The van der Waals surface area contributed by atoms with E-state index >= 15 is 0 Å². The van der Waals surface area contributed by atoms with Crippen LogP contribution < -0.4 is 0 Å². The number of carboxylic acid groups (broad SMARTS) is 1. The summed E-state index contributed by atoms with van der Waals surface area (Å²) < 4.78 is 0. The van der Waals surface area contributed by atoms with Gasteiger partial charge in [-0.15, -0.1) is 0 Å². The van der Waals surface area contributed by atoms with Gasteiger partial charge in [0, 0.05) is 6.54 Å². The zero-order valence-corrected chi connectivity index (χ0v) is 13.1. The summed E-state index contributed by atoms with van der Waals surface area (Å²) in [5.74, 6) is -0.643. The summed E-state index contributed by atoms with van der Waals surface area (Å²) >= 11 is 0. The molecule has 0 spiro atoms. The molecule has 4 nitrogen and oxygen atoms in total. The number of aliphatic carboxylic acids is 1. The van der Waals surface area contributed by atoms with Gasteiger partial charge in [-0.05, 0) is 59.0 Å². The Kier molecular flexibility index (Phi) is 6.01. The molecule has 0 bridgehead atoms. The lowest BCUT2D eigenvalue weighted by Gasteiger charge is -2.39. The molecule has 1 fully saturated rings. The molecule has 1 aliphatic heterocycles. The fraction of sp³-hybridized carbons (Fsp3) is 0.875. The van der Waals surface area contributed by atoms with E-state index in [1.807, 2.05) is 20.8 Å². The Morgan fingerprint density at radius 2 is 2.15 bits per heavy atom. The van der Waals surface area contributed by atoms with E-state index in [0.717, 1.165) is 45.2 Å². The first-order valence-corrected chi connectivity index (χ1v) is 7.72. The molecule has 0 aromatic rings. The molecule has 1 atom stereocenters. The third-order valence-electron chi connectivity index (χ3n) is 4.62. The van der Waals surface area contributed by atoms with Crippen LogP contribution in [-0.4, -0.2) is 35.6 Å². The number of carbonyl (C=O) groups is 1. The molecular formula is C16H28N2O2. The number of carboxylic acids is 1. The molecule has 0 aromatic carbocycles. The van der Waals surface area contributed by atoms with Crippen molar-refractivity contribution in [3.8, 4) is 6.07 Å². The molecule has 0 aliphatic carbocycles. The van der Waals surface area contributed by atoms with E-state index in [-0.39, 0.29) is 5.41 Å². The molecule has 1 rings (SSSR count). The van der Waals surface area contributed by atoms with Gasteiger partial charge in [-0.25, -0.2) is 0 Å². The van der Waals surface area contributed by atoms with Crippen LogP contribution >= 0.6 is 0 Å². The van der Waals surface area contributed by atoms with Gasteiger partial charge in [0.05, 0.1) is 16.9 Å². The highest BCUT2D eigenvalue weighted by Gasteiger charge is 2.40. The molecule has 0 saturated carbocycles. The Labute approximate surface area is 122 Å². The van der Waals surface area contributed by atoms with Crippen molar-refractivity contribution in [2.75, 3.05) is 19.6 Å². The highest BCUT2D eigenvalue weighted by atomic mass is 16.4. The fourth-order valence-electron chi connectivity index (χ4n) is 2.99. The number of nitrogens with zero attached hydrogens (tertiary/aromatic N) is 2. The van der Waals surface area contributed by atoms with Crippen molar-refractivity contribution in [1.29, 1.82) is 5.26 Å². The Morgan fingerprint density at radius 3 is 2.70 bits per heavy atom. The van der Waals surface area contributed by atoms with Crippen LogP contribution in [0.1, 0.15) is 59.3 Å². The molecule has 1 saturated heterocycles. The molecule has 20 heavy (non-hydrogen) atoms. The van der Waals surface area contributed by atoms with Crippen molar-refractivity contribution < 1.29 is 9.90 Å². The largest absolute Gasteiger partial charge is 0.481 e. The van der Waals surface area contributed by atoms with Crippen molar-refractivity contribution in [2.24, 2.45) is 10.8 Å². The monoisotopic (exact) mass is 280 g/mol. The number of hydrogen-bond acceptors (Lipinski definition) is 3. The first-order valence-electron chi connectivity index (χ1n) is 7.72. The van der Waals surface area contributed by atoms with E-state index in [0.29, 0.717) is 13.0 Å². The summed E-state index contributed by atoms with van der Waals surface area (Å²) in [6, 6.07) is 2.33. The highest BCUT2D eigenvalue weighted by Crippen LogP contribution is 2.33. The fourth-order valence-corrected chi connectivity index (χ4v) is 2.99. The van der Waals surface area contributed by atoms with Crippen LogP contribution in [0.2, 0.25) is 0 Å². The average molecular weight is 280 g/mol. The highest BCUT2D eigenvalue weighted by molar-refractivity contribution is 5.75. The molecular weight excluding hydrogens is 252 g/mol. The Morgan fingerprint density at radius 1 is 1.45 bits per heavy atom. The lowest BCUT2D eigenvalue weighted by molar-refractivity contribution is -0.152. The van der Waals surface area contributed by atoms with Gasteiger partial charge in [-0.2, -0.15) is 5.26 Å². The second kappa shape index (κ2) is 7.08. The van der Waals surface area contributed by atoms with Crippen molar-refractivity contribution in [3.05, 3.63) is 0 Å². The molecule has 114 valence electrons. The van der Waals surface area contributed by atoms with Gasteiger partial charge >= 0.3 is 5.97 Å². The molecule has 0 aromatic heterocycles. The van der Waals surface area contributed by atoms with E-state index < -0.39 is 11.4 Å². The molecule has 1 heterocycles. The van der Waals surface area contributed by atoms with E-state index in [1.54, 1.807) is 0 Å². The van der Waals surface area contributed by atoms with Crippen LogP contribution in [0.4, 0.5) is 0 Å². The van der Waals surface area contributed by atoms with Crippen molar-refractivity contribution in [1.82, 2.24) is 4.90 Å². The predicted octanol–water partition coefficient (Wildman–Crippen LogP) is 3.28. The third kappa shape index (κ3) is 4.49. The standard InChI is InChI=1S/C16H28N2O2/c1-4-16(14(19)20)9-7-11-18(13-16)10-6-5-8-15(2,3)12-17/h4-11,13H2,1-3H3,(H,19,20). The van der Waals surface area contributed by atoms with Gasteiger partial charge in [-0.3, -0.25) is 4.79 Å². The van der Waals surface area contributed by atoms with Crippen molar-refractivity contribution >= 4 is 5.97 Å². The lowest BCUT2D eigenvalue weighted by atomic mass is 9.77. The predicted molar refractivity (Wildman–Crippen MR) is 79.3 cm³/mol. The van der Waals surface area contributed by atoms with Gasteiger partial charge < -0.3 is 10.0 Å². The Hall–Kier alpha value is -1.08. The molecule has 0 radical (unpaired) electrons. The summed E-state index contributed by atoms with van der Waals surface area (Å²) in [7, 11) is 0. The normalized spacial score (nSPS) is 24.3. The van der Waals surface area contributed by atoms with Crippen molar-refractivity contribution in [2.45, 2.75) is 59.3 Å². The lowest BCUT2D eigenvalue weighted by Crippen LogP contribution is -2.47. The number of unbranched alkanes of at least 4 members (excludes halogenated alkanes) is 1. The maximum atomic E-state index is 11.5. The number of hydrogen-bond donors (Lipinski definition) is 1. The van der Waals surface area contributed by atoms with Crippen LogP contribution in [0, 0.1) is 22.2 Å². The van der Waals surface area contributed by atoms with Crippen molar-refractivity contribution in [3.63, 3.8) is 0 Å². The van der Waals surface area contributed by atoms with E-state index in [9.17, 15) is 9.90 Å². The van der Waals surface area contributed by atoms with Crippen LogP contribution in [0.3, 0.4) is 0 Å². The second-order valence-electron chi connectivity index (χ2n) is 6.77. The summed E-state index contributed by atoms with van der Waals surface area (Å²) in [5.41, 5.74) is -0.777. The molecule has 4 heteroatoms. The SMILES string of the molecule is CCC1(C(=O)O)CCCN(CCCCC(C)(C)C#N)C1. The summed E-state index contributed by atoms with van der Waals surface area (Å²) in [5, 5.41) is 18.4. The van der Waals surface area contributed by atoms with Crippen LogP contribution in [0.15, 0.2) is 0 Å². The zero-order chi connectivity index (χ0) is 15.2. The summed E-state index contributed by atoms with van der Waals surface area (Å²) in [4.78, 5) is 13.8. The summed E-state index contributed by atoms with van der Waals surface area (Å²) in [6.07, 6.45) is 5.48. The molecule has 1 unspecified atom stereocenters. The van der Waals surface area contributed by atoms with Crippen LogP contribution in [0.25, 0.3) is 0 Å².